The molecule has 0 spiro atoms. The van der Waals surface area contributed by atoms with Gasteiger partial charge in [0.2, 0.25) is 0 Å². The number of aliphatic hydroxyl groups excluding tert-OH is 1. The van der Waals surface area contributed by atoms with Gasteiger partial charge in [-0.1, -0.05) is 49.6 Å². The molecule has 2 atom stereocenters. The van der Waals surface area contributed by atoms with Crippen molar-refractivity contribution in [1.29, 1.82) is 0 Å². The van der Waals surface area contributed by atoms with Gasteiger partial charge in [0.05, 0.1) is 11.8 Å². The van der Waals surface area contributed by atoms with Gasteiger partial charge in [-0.2, -0.15) is 0 Å². The molecule has 2 N–H and O–H groups in total. The van der Waals surface area contributed by atoms with E-state index in [0.29, 0.717) is 19.1 Å². The van der Waals surface area contributed by atoms with Gasteiger partial charge in [-0.05, 0) is 36.5 Å². The molecular weight excluding hydrogens is 374 g/mol. The molecule has 1 aromatic heterocycles. The maximum absolute atomic E-state index is 10.2. The number of anilines is 1. The Labute approximate surface area is 179 Å². The van der Waals surface area contributed by atoms with Crippen LogP contribution in [0.1, 0.15) is 48.9 Å². The molecule has 1 aromatic carbocycles. The predicted molar refractivity (Wildman–Crippen MR) is 119 cm³/mol. The van der Waals surface area contributed by atoms with Crippen molar-refractivity contribution in [2.24, 2.45) is 0 Å². The Kier molecular flexibility index (Phi) is 6.88. The third-order valence-electron chi connectivity index (χ3n) is 6.12. The normalized spacial score (nSPS) is 21.9. The van der Waals surface area contributed by atoms with Gasteiger partial charge in [0.1, 0.15) is 11.9 Å². The highest BCUT2D eigenvalue weighted by molar-refractivity contribution is 5.49. The summed E-state index contributed by atoms with van der Waals surface area (Å²) in [5.74, 6) is 4.18. The summed E-state index contributed by atoms with van der Waals surface area (Å²) in [5, 5.41) is 13.6. The molecule has 30 heavy (non-hydrogen) atoms. The lowest BCUT2D eigenvalue weighted by Crippen LogP contribution is -2.26. The van der Waals surface area contributed by atoms with Gasteiger partial charge in [-0.15, -0.1) is 0 Å². The lowest BCUT2D eigenvalue weighted by atomic mass is 9.96. The van der Waals surface area contributed by atoms with Crippen LogP contribution in [0.5, 0.6) is 0 Å². The highest BCUT2D eigenvalue weighted by Gasteiger charge is 2.32. The number of rotatable bonds is 5. The van der Waals surface area contributed by atoms with Gasteiger partial charge in [0, 0.05) is 44.3 Å². The summed E-state index contributed by atoms with van der Waals surface area (Å²) in [5.41, 5.74) is 3.13. The molecule has 2 heterocycles. The summed E-state index contributed by atoms with van der Waals surface area (Å²) in [6.07, 6.45) is 6.40. The molecular formula is C25H31N3O2. The van der Waals surface area contributed by atoms with Crippen LogP contribution >= 0.6 is 0 Å². The Morgan fingerprint density at radius 3 is 2.63 bits per heavy atom. The highest BCUT2D eigenvalue weighted by Crippen LogP contribution is 2.23. The average molecular weight is 406 g/mol. The number of β-amino-alcohol motifs (C(OH)–C–C–N with tert-alkyl or cyclic N) is 1. The van der Waals surface area contributed by atoms with E-state index in [0.717, 1.165) is 23.5 Å². The van der Waals surface area contributed by atoms with E-state index in [-0.39, 0.29) is 6.10 Å². The molecule has 2 fully saturated rings. The number of hydrogen-bond acceptors (Lipinski definition) is 5. The van der Waals surface area contributed by atoms with Crippen molar-refractivity contribution >= 4 is 5.82 Å². The first-order valence-electron chi connectivity index (χ1n) is 11.0. The molecule has 5 heteroatoms. The summed E-state index contributed by atoms with van der Waals surface area (Å²) < 4.78 is 5.39. The number of pyridine rings is 1. The molecule has 1 aliphatic carbocycles. The molecule has 5 nitrogen and oxygen atoms in total. The molecule has 1 saturated heterocycles. The van der Waals surface area contributed by atoms with Crippen LogP contribution in [0.4, 0.5) is 5.82 Å². The third-order valence-corrected chi connectivity index (χ3v) is 6.12. The van der Waals surface area contributed by atoms with Crippen LogP contribution < -0.4 is 10.2 Å². The minimum absolute atomic E-state index is 0.177. The lowest BCUT2D eigenvalue weighted by Gasteiger charge is -2.20. The van der Waals surface area contributed by atoms with Gasteiger partial charge >= 0.3 is 0 Å². The number of benzene rings is 1. The van der Waals surface area contributed by atoms with Gasteiger partial charge < -0.3 is 20.1 Å². The molecule has 0 radical (unpaired) electrons. The lowest BCUT2D eigenvalue weighted by molar-refractivity contribution is 0.0217. The minimum atomic E-state index is -0.492. The van der Waals surface area contributed by atoms with E-state index in [1.54, 1.807) is 7.11 Å². The van der Waals surface area contributed by atoms with E-state index in [2.05, 4.69) is 52.5 Å². The summed E-state index contributed by atoms with van der Waals surface area (Å²) >= 11 is 0. The fourth-order valence-corrected chi connectivity index (χ4v) is 4.33. The molecule has 1 saturated carbocycles. The van der Waals surface area contributed by atoms with E-state index in [4.69, 9.17) is 9.72 Å². The van der Waals surface area contributed by atoms with Crippen molar-refractivity contribution in [2.75, 3.05) is 25.1 Å². The largest absolute Gasteiger partial charge is 0.388 e. The van der Waals surface area contributed by atoms with Crippen molar-refractivity contribution in [3.05, 3.63) is 59.3 Å². The second-order valence-corrected chi connectivity index (χ2v) is 8.30. The standard InChI is InChI=1S/C25H31N3O2/c1-30-24-18-28(17-23(24)29)25-13-12-20(14-15-26-21-10-6-3-7-11-21)22(27-25)16-19-8-4-2-5-9-19/h2,4-5,8-9,12-13,21,23-24,26,29H,3,6-7,10-11,16-18H2,1H3/t23-,24-/m1/s1. The third kappa shape index (κ3) is 5.13. The number of aliphatic hydroxyl groups is 1. The van der Waals surface area contributed by atoms with Gasteiger partial charge in [0.25, 0.3) is 0 Å². The zero-order chi connectivity index (χ0) is 20.8. The van der Waals surface area contributed by atoms with Crippen molar-refractivity contribution in [2.45, 2.75) is 56.8 Å². The summed E-state index contributed by atoms with van der Waals surface area (Å²) in [6, 6.07) is 18.1. The topological polar surface area (TPSA) is 57.6 Å². The molecule has 1 aliphatic heterocycles. The molecule has 0 amide bonds. The van der Waals surface area contributed by atoms with Crippen LogP contribution in [0.25, 0.3) is 0 Å². The molecule has 158 valence electrons. The van der Waals surface area contributed by atoms with Gasteiger partial charge in [0.15, 0.2) is 0 Å². The number of methoxy groups -OCH3 is 1. The second kappa shape index (κ2) is 9.97. The van der Waals surface area contributed by atoms with E-state index in [1.165, 1.54) is 37.7 Å². The zero-order valence-corrected chi connectivity index (χ0v) is 17.7. The number of aromatic nitrogens is 1. The van der Waals surface area contributed by atoms with Gasteiger partial charge in [-0.3, -0.25) is 0 Å². The zero-order valence-electron chi connectivity index (χ0n) is 17.7. The molecule has 0 bridgehead atoms. The Morgan fingerprint density at radius 2 is 1.90 bits per heavy atom. The molecule has 4 rings (SSSR count). The van der Waals surface area contributed by atoms with Crippen LogP contribution in [-0.4, -0.2) is 48.5 Å². The van der Waals surface area contributed by atoms with Crippen LogP contribution in [-0.2, 0) is 11.2 Å². The second-order valence-electron chi connectivity index (χ2n) is 8.30. The number of hydrogen-bond donors (Lipinski definition) is 2. The van der Waals surface area contributed by atoms with Crippen LogP contribution in [0.3, 0.4) is 0 Å². The first-order valence-corrected chi connectivity index (χ1v) is 11.0. The summed E-state index contributed by atoms with van der Waals surface area (Å²) in [4.78, 5) is 7.04. The van der Waals surface area contributed by atoms with Crippen LogP contribution in [0, 0.1) is 12.0 Å². The minimum Gasteiger partial charge on any atom is -0.388 e. The Bertz CT molecular complexity index is 884. The number of nitrogens with one attached hydrogen (secondary N) is 1. The van der Waals surface area contributed by atoms with Crippen LogP contribution in [0.15, 0.2) is 42.5 Å². The number of nitrogens with zero attached hydrogens (tertiary/aromatic N) is 2. The SMILES string of the molecule is CO[C@@H]1CN(c2ccc(C#CNC3CCCCC3)c(Cc3ccccc3)n2)C[C@H]1O. The van der Waals surface area contributed by atoms with E-state index in [1.807, 2.05) is 12.1 Å². The van der Waals surface area contributed by atoms with E-state index >= 15 is 0 Å². The monoisotopic (exact) mass is 405 g/mol. The van der Waals surface area contributed by atoms with Crippen molar-refractivity contribution in [1.82, 2.24) is 10.3 Å². The molecule has 2 aromatic rings. The molecule has 2 aliphatic rings. The average Bonchev–Trinajstić information content (AvgIpc) is 3.17. The molecule has 0 unspecified atom stereocenters. The number of ether oxygens (including phenoxy) is 1. The predicted octanol–water partition coefficient (Wildman–Crippen LogP) is 3.10. The first kappa shape index (κ1) is 20.7. The fraction of sp³-hybridized carbons (Fsp3) is 0.480. The Morgan fingerprint density at radius 1 is 1.10 bits per heavy atom. The summed E-state index contributed by atoms with van der Waals surface area (Å²) in [6.45, 7) is 1.17. The maximum Gasteiger partial charge on any atom is 0.129 e. The quantitative estimate of drug-likeness (QED) is 0.591. The van der Waals surface area contributed by atoms with Gasteiger partial charge in [-0.25, -0.2) is 4.98 Å². The van der Waals surface area contributed by atoms with Crippen molar-refractivity contribution in [3.8, 4) is 12.0 Å². The Hall–Kier alpha value is -2.55. The fourth-order valence-electron chi connectivity index (χ4n) is 4.33. The first-order chi connectivity index (χ1) is 14.7. The summed E-state index contributed by atoms with van der Waals surface area (Å²) in [7, 11) is 1.64. The maximum atomic E-state index is 10.2. The highest BCUT2D eigenvalue weighted by atomic mass is 16.5. The van der Waals surface area contributed by atoms with E-state index < -0.39 is 6.10 Å². The van der Waals surface area contributed by atoms with Crippen molar-refractivity contribution < 1.29 is 9.84 Å². The van der Waals surface area contributed by atoms with Crippen molar-refractivity contribution in [3.63, 3.8) is 0 Å². The van der Waals surface area contributed by atoms with E-state index in [9.17, 15) is 5.11 Å². The Balaban J connectivity index is 1.55. The smallest absolute Gasteiger partial charge is 0.129 e. The van der Waals surface area contributed by atoms with Crippen LogP contribution in [0.2, 0.25) is 0 Å².